The topological polar surface area (TPSA) is 30.5 Å². The van der Waals surface area contributed by atoms with Gasteiger partial charge in [0.25, 0.3) is 0 Å². The van der Waals surface area contributed by atoms with Gasteiger partial charge in [-0.1, -0.05) is 0 Å². The van der Waals surface area contributed by atoms with E-state index < -0.39 is 0 Å². The second-order valence-corrected chi connectivity index (χ2v) is 6.02. The molecule has 0 spiro atoms. The number of piperazine rings is 4. The summed E-state index contributed by atoms with van der Waals surface area (Å²) in [5.74, 6) is 0. The molecule has 2 N–H and O–H groups in total. The monoisotopic (exact) mass is 222 g/mol. The highest BCUT2D eigenvalue weighted by atomic mass is 15.4. The van der Waals surface area contributed by atoms with Crippen molar-refractivity contribution >= 4 is 0 Å². The van der Waals surface area contributed by atoms with Gasteiger partial charge in [0.05, 0.1) is 0 Å². The first-order valence-electron chi connectivity index (χ1n) is 6.81. The Morgan fingerprint density at radius 3 is 2.75 bits per heavy atom. The summed E-state index contributed by atoms with van der Waals surface area (Å²) in [6, 6.07) is 1.50. The molecule has 0 aliphatic carbocycles. The average molecular weight is 222 g/mol. The number of hydrogen-bond donors (Lipinski definition) is 2. The number of nitrogens with zero attached hydrogens (tertiary/aromatic N) is 2. The average Bonchev–Trinajstić information content (AvgIpc) is 2.67. The van der Waals surface area contributed by atoms with Crippen molar-refractivity contribution in [2.75, 3.05) is 45.8 Å². The summed E-state index contributed by atoms with van der Waals surface area (Å²) in [5, 5.41) is 7.56. The van der Waals surface area contributed by atoms with Crippen molar-refractivity contribution in [3.8, 4) is 0 Å². The van der Waals surface area contributed by atoms with E-state index in [1.807, 2.05) is 0 Å². The molecule has 5 heterocycles. The molecule has 4 heteroatoms. The number of rotatable bonds is 1. The SMILES string of the molecule is C1CC2(C3CN4CCN3CC4)CNCC1N2. The molecule has 90 valence electrons. The highest BCUT2D eigenvalue weighted by Gasteiger charge is 2.51. The van der Waals surface area contributed by atoms with Crippen LogP contribution < -0.4 is 10.6 Å². The Labute approximate surface area is 97.3 Å². The lowest BCUT2D eigenvalue weighted by atomic mass is 9.84. The van der Waals surface area contributed by atoms with Gasteiger partial charge in [-0.2, -0.15) is 0 Å². The van der Waals surface area contributed by atoms with Gasteiger partial charge in [0.2, 0.25) is 0 Å². The van der Waals surface area contributed by atoms with Gasteiger partial charge in [-0.05, 0) is 12.8 Å². The Hall–Kier alpha value is -0.160. The van der Waals surface area contributed by atoms with E-state index in [-0.39, 0.29) is 0 Å². The van der Waals surface area contributed by atoms with Gasteiger partial charge >= 0.3 is 0 Å². The van der Waals surface area contributed by atoms with Crippen molar-refractivity contribution in [1.82, 2.24) is 20.4 Å². The van der Waals surface area contributed by atoms with E-state index >= 15 is 0 Å². The van der Waals surface area contributed by atoms with E-state index in [0.29, 0.717) is 5.54 Å². The van der Waals surface area contributed by atoms with Crippen LogP contribution in [0.3, 0.4) is 0 Å². The summed E-state index contributed by atoms with van der Waals surface area (Å²) in [5.41, 5.74) is 0.391. The third kappa shape index (κ3) is 1.30. The van der Waals surface area contributed by atoms with Crippen LogP contribution in [0.4, 0.5) is 0 Å². The van der Waals surface area contributed by atoms with E-state index in [1.165, 1.54) is 58.7 Å². The largest absolute Gasteiger partial charge is 0.313 e. The fourth-order valence-corrected chi connectivity index (χ4v) is 4.27. The standard InChI is InChI=1S/C12H22N4/c1-2-12(9-13-7-10(1)14-12)11-8-15-3-5-16(11)6-4-15/h10-11,13-14H,1-9H2. The second kappa shape index (κ2) is 3.42. The first-order valence-corrected chi connectivity index (χ1v) is 6.81. The molecule has 0 aromatic rings. The summed E-state index contributed by atoms with van der Waals surface area (Å²) in [6.07, 6.45) is 2.75. The number of nitrogens with one attached hydrogen (secondary N) is 2. The van der Waals surface area contributed by atoms with Crippen molar-refractivity contribution in [1.29, 1.82) is 0 Å². The third-order valence-corrected chi connectivity index (χ3v) is 5.18. The van der Waals surface area contributed by atoms with Crippen molar-refractivity contribution in [3.05, 3.63) is 0 Å². The normalized spacial score (nSPS) is 55.5. The molecule has 4 bridgehead atoms. The summed E-state index contributed by atoms with van der Waals surface area (Å²) in [6.45, 7) is 8.82. The lowest BCUT2D eigenvalue weighted by molar-refractivity contribution is -0.0306. The molecule has 4 nitrogen and oxygen atoms in total. The van der Waals surface area contributed by atoms with E-state index in [2.05, 4.69) is 20.4 Å². The molecule has 16 heavy (non-hydrogen) atoms. The number of hydrogen-bond acceptors (Lipinski definition) is 4. The van der Waals surface area contributed by atoms with Crippen LogP contribution in [-0.2, 0) is 0 Å². The van der Waals surface area contributed by atoms with Crippen molar-refractivity contribution in [2.24, 2.45) is 0 Å². The zero-order valence-electron chi connectivity index (χ0n) is 9.91. The van der Waals surface area contributed by atoms with Gasteiger partial charge in [0.1, 0.15) is 0 Å². The Morgan fingerprint density at radius 1 is 1.12 bits per heavy atom. The Balaban J connectivity index is 1.60. The molecule has 5 aliphatic rings. The molecule has 5 saturated heterocycles. The van der Waals surface area contributed by atoms with Crippen LogP contribution in [-0.4, -0.2) is 73.2 Å². The van der Waals surface area contributed by atoms with Crippen LogP contribution in [0.1, 0.15) is 12.8 Å². The number of fused-ring (bicyclic) bond motifs is 6. The summed E-state index contributed by atoms with van der Waals surface area (Å²) in [7, 11) is 0. The fraction of sp³-hybridized carbons (Fsp3) is 1.00. The van der Waals surface area contributed by atoms with Gasteiger partial charge in [0, 0.05) is 63.4 Å². The summed E-state index contributed by atoms with van der Waals surface area (Å²) < 4.78 is 0. The molecular weight excluding hydrogens is 200 g/mol. The van der Waals surface area contributed by atoms with Crippen LogP contribution in [0.2, 0.25) is 0 Å². The van der Waals surface area contributed by atoms with Crippen LogP contribution in [0.5, 0.6) is 0 Å². The van der Waals surface area contributed by atoms with Gasteiger partial charge in [-0.15, -0.1) is 0 Å². The van der Waals surface area contributed by atoms with Crippen molar-refractivity contribution in [3.63, 3.8) is 0 Å². The van der Waals surface area contributed by atoms with Crippen LogP contribution in [0, 0.1) is 0 Å². The molecular formula is C12H22N4. The Bertz CT molecular complexity index is 283. The maximum atomic E-state index is 3.93. The van der Waals surface area contributed by atoms with E-state index in [0.717, 1.165) is 12.1 Å². The fourth-order valence-electron chi connectivity index (χ4n) is 4.27. The minimum Gasteiger partial charge on any atom is -0.313 e. The minimum atomic E-state index is 0.391. The maximum absolute atomic E-state index is 3.93. The first-order chi connectivity index (χ1) is 7.86. The van der Waals surface area contributed by atoms with Gasteiger partial charge in [-0.3, -0.25) is 9.80 Å². The van der Waals surface area contributed by atoms with E-state index in [9.17, 15) is 0 Å². The highest BCUT2D eigenvalue weighted by molar-refractivity contribution is 5.13. The lowest BCUT2D eigenvalue weighted by Gasteiger charge is -2.55. The second-order valence-electron chi connectivity index (χ2n) is 6.02. The van der Waals surface area contributed by atoms with Crippen LogP contribution >= 0.6 is 0 Å². The third-order valence-electron chi connectivity index (χ3n) is 5.18. The molecule has 3 unspecified atom stereocenters. The van der Waals surface area contributed by atoms with Gasteiger partial charge in [-0.25, -0.2) is 0 Å². The van der Waals surface area contributed by atoms with Crippen molar-refractivity contribution in [2.45, 2.75) is 30.5 Å². The molecule has 0 radical (unpaired) electrons. The molecule has 0 aromatic carbocycles. The van der Waals surface area contributed by atoms with Gasteiger partial charge in [0.15, 0.2) is 0 Å². The first kappa shape index (κ1) is 9.83. The molecule has 0 aromatic heterocycles. The van der Waals surface area contributed by atoms with E-state index in [1.54, 1.807) is 0 Å². The Kier molecular flexibility index (Phi) is 2.10. The molecule has 5 rings (SSSR count). The quantitative estimate of drug-likeness (QED) is 0.601. The zero-order valence-corrected chi connectivity index (χ0v) is 9.91. The molecule has 0 amide bonds. The molecule has 5 fully saturated rings. The predicted molar refractivity (Wildman–Crippen MR) is 63.6 cm³/mol. The van der Waals surface area contributed by atoms with Crippen LogP contribution in [0.25, 0.3) is 0 Å². The predicted octanol–water partition coefficient (Wildman–Crippen LogP) is -0.920. The molecule has 0 saturated carbocycles. The molecule has 3 atom stereocenters. The van der Waals surface area contributed by atoms with Crippen molar-refractivity contribution < 1.29 is 0 Å². The minimum absolute atomic E-state index is 0.391. The smallest absolute Gasteiger partial charge is 0.0479 e. The Morgan fingerprint density at radius 2 is 2.00 bits per heavy atom. The summed E-state index contributed by atoms with van der Waals surface area (Å²) in [4.78, 5) is 5.39. The molecule has 5 aliphatic heterocycles. The van der Waals surface area contributed by atoms with E-state index in [4.69, 9.17) is 0 Å². The van der Waals surface area contributed by atoms with Crippen LogP contribution in [0.15, 0.2) is 0 Å². The maximum Gasteiger partial charge on any atom is 0.0479 e. The zero-order chi connectivity index (χ0) is 10.6. The lowest BCUT2D eigenvalue weighted by Crippen LogP contribution is -2.74. The van der Waals surface area contributed by atoms with Gasteiger partial charge < -0.3 is 10.6 Å². The highest BCUT2D eigenvalue weighted by Crippen LogP contribution is 2.34. The summed E-state index contributed by atoms with van der Waals surface area (Å²) >= 11 is 0.